The zero-order valence-electron chi connectivity index (χ0n) is 11.4. The summed E-state index contributed by atoms with van der Waals surface area (Å²) in [5.74, 6) is 0. The second kappa shape index (κ2) is 3.86. The summed E-state index contributed by atoms with van der Waals surface area (Å²) >= 11 is 0. The van der Waals surface area contributed by atoms with Gasteiger partial charge in [0.25, 0.3) is 0 Å². The Morgan fingerprint density at radius 2 is 1.19 bits per heavy atom. The number of rotatable bonds is 1. The fourth-order valence-electron chi connectivity index (χ4n) is 3.42. The second-order valence-corrected chi connectivity index (χ2v) is 5.59. The topological polar surface area (TPSA) is 15.8 Å². The van der Waals surface area contributed by atoms with Crippen molar-refractivity contribution >= 4 is 32.3 Å². The molecule has 1 aromatic heterocycles. The van der Waals surface area contributed by atoms with Crippen molar-refractivity contribution in [2.75, 3.05) is 0 Å². The zero-order chi connectivity index (χ0) is 13.8. The summed E-state index contributed by atoms with van der Waals surface area (Å²) in [6.45, 7) is 0. The van der Waals surface area contributed by atoms with Crippen molar-refractivity contribution in [3.05, 3.63) is 72.9 Å². The average molecular weight is 267 g/mol. The molecule has 98 valence electrons. The van der Waals surface area contributed by atoms with Crippen molar-refractivity contribution in [2.45, 2.75) is 0 Å². The molecule has 4 aromatic carbocycles. The van der Waals surface area contributed by atoms with Crippen molar-refractivity contribution in [3.8, 4) is 11.3 Å². The van der Waals surface area contributed by atoms with Crippen LogP contribution >= 0.6 is 0 Å². The van der Waals surface area contributed by atoms with Crippen LogP contribution in [0.15, 0.2) is 72.9 Å². The van der Waals surface area contributed by atoms with Gasteiger partial charge in [0.2, 0.25) is 0 Å². The van der Waals surface area contributed by atoms with E-state index >= 15 is 0 Å². The third kappa shape index (κ3) is 1.46. The van der Waals surface area contributed by atoms with Gasteiger partial charge in [-0.2, -0.15) is 0 Å². The lowest BCUT2D eigenvalue weighted by atomic mass is 9.92. The highest BCUT2D eigenvalue weighted by Gasteiger charge is 2.09. The Labute approximate surface area is 122 Å². The summed E-state index contributed by atoms with van der Waals surface area (Å²) in [6, 6.07) is 24.1. The molecule has 1 heterocycles. The predicted octanol–water partition coefficient (Wildman–Crippen LogP) is 5.58. The molecule has 1 nitrogen and oxygen atoms in total. The number of aromatic nitrogens is 1. The molecule has 0 spiro atoms. The number of benzene rings is 4. The standard InChI is InChI=1S/C20H13N/c1-3-13-6-8-15-11-17(18-5-2-10-21-18)12-16-9-7-14(4-1)19(13)20(15)16/h1-12,21H. The van der Waals surface area contributed by atoms with Gasteiger partial charge in [-0.25, -0.2) is 0 Å². The summed E-state index contributed by atoms with van der Waals surface area (Å²) in [5, 5.41) is 8.01. The third-order valence-electron chi connectivity index (χ3n) is 4.37. The molecule has 5 aromatic rings. The number of hydrogen-bond donors (Lipinski definition) is 1. The Morgan fingerprint density at radius 1 is 0.571 bits per heavy atom. The Morgan fingerprint density at radius 3 is 1.81 bits per heavy atom. The largest absolute Gasteiger partial charge is 0.361 e. The summed E-state index contributed by atoms with van der Waals surface area (Å²) in [6.07, 6.45) is 1.97. The van der Waals surface area contributed by atoms with E-state index in [0.717, 1.165) is 0 Å². The van der Waals surface area contributed by atoms with Crippen LogP contribution in [0.25, 0.3) is 43.6 Å². The molecule has 0 atom stereocenters. The first-order valence-electron chi connectivity index (χ1n) is 7.21. The van der Waals surface area contributed by atoms with E-state index in [4.69, 9.17) is 0 Å². The SMILES string of the molecule is c1c[nH]c(-c2cc3ccc4cccc5ccc(c2)c3c45)c1. The van der Waals surface area contributed by atoms with Crippen LogP contribution in [0.2, 0.25) is 0 Å². The molecule has 0 saturated carbocycles. The second-order valence-electron chi connectivity index (χ2n) is 5.59. The first kappa shape index (κ1) is 10.9. The fraction of sp³-hybridized carbons (Fsp3) is 0. The Balaban J connectivity index is 1.99. The minimum absolute atomic E-state index is 1.17. The van der Waals surface area contributed by atoms with E-state index in [1.165, 1.54) is 43.6 Å². The van der Waals surface area contributed by atoms with E-state index in [1.54, 1.807) is 0 Å². The van der Waals surface area contributed by atoms with Crippen molar-refractivity contribution in [3.63, 3.8) is 0 Å². The fourth-order valence-corrected chi connectivity index (χ4v) is 3.42. The van der Waals surface area contributed by atoms with Crippen molar-refractivity contribution in [2.24, 2.45) is 0 Å². The molecule has 0 fully saturated rings. The zero-order valence-corrected chi connectivity index (χ0v) is 11.4. The molecule has 0 amide bonds. The Hall–Kier alpha value is -2.80. The molecule has 5 rings (SSSR count). The van der Waals surface area contributed by atoms with Crippen LogP contribution in [0, 0.1) is 0 Å². The van der Waals surface area contributed by atoms with Gasteiger partial charge in [0.1, 0.15) is 0 Å². The number of nitrogens with one attached hydrogen (secondary N) is 1. The van der Waals surface area contributed by atoms with Gasteiger partial charge < -0.3 is 4.98 Å². The molecule has 0 radical (unpaired) electrons. The van der Waals surface area contributed by atoms with Gasteiger partial charge in [-0.3, -0.25) is 0 Å². The summed E-state index contributed by atoms with van der Waals surface area (Å²) in [4.78, 5) is 3.30. The van der Waals surface area contributed by atoms with Gasteiger partial charge in [-0.15, -0.1) is 0 Å². The van der Waals surface area contributed by atoms with Crippen LogP contribution < -0.4 is 0 Å². The van der Waals surface area contributed by atoms with E-state index in [2.05, 4.69) is 65.6 Å². The summed E-state index contributed by atoms with van der Waals surface area (Å²) < 4.78 is 0. The third-order valence-corrected chi connectivity index (χ3v) is 4.37. The molecule has 1 heteroatoms. The number of hydrogen-bond acceptors (Lipinski definition) is 0. The molecule has 0 aliphatic heterocycles. The monoisotopic (exact) mass is 267 g/mol. The predicted molar refractivity (Wildman–Crippen MR) is 89.9 cm³/mol. The van der Waals surface area contributed by atoms with E-state index in [0.29, 0.717) is 0 Å². The summed E-state index contributed by atoms with van der Waals surface area (Å²) in [7, 11) is 0. The molecule has 0 bridgehead atoms. The molecule has 0 saturated heterocycles. The Kier molecular flexibility index (Phi) is 2.01. The molecular weight excluding hydrogens is 254 g/mol. The van der Waals surface area contributed by atoms with E-state index < -0.39 is 0 Å². The molecule has 21 heavy (non-hydrogen) atoms. The first-order chi connectivity index (χ1) is 10.4. The summed E-state index contributed by atoms with van der Waals surface area (Å²) in [5.41, 5.74) is 2.41. The van der Waals surface area contributed by atoms with Gasteiger partial charge in [-0.1, -0.05) is 42.5 Å². The molecular formula is C20H13N. The smallest absolute Gasteiger partial charge is 0.0454 e. The highest BCUT2D eigenvalue weighted by atomic mass is 14.7. The van der Waals surface area contributed by atoms with Crippen molar-refractivity contribution in [1.29, 1.82) is 0 Å². The van der Waals surface area contributed by atoms with E-state index in [1.807, 2.05) is 12.3 Å². The lowest BCUT2D eigenvalue weighted by molar-refractivity contribution is 1.41. The maximum atomic E-state index is 3.30. The highest BCUT2D eigenvalue weighted by Crippen LogP contribution is 2.36. The maximum Gasteiger partial charge on any atom is 0.0454 e. The van der Waals surface area contributed by atoms with Crippen LogP contribution in [0.4, 0.5) is 0 Å². The average Bonchev–Trinajstić information content (AvgIpc) is 3.07. The van der Waals surface area contributed by atoms with Gasteiger partial charge in [0.05, 0.1) is 0 Å². The van der Waals surface area contributed by atoms with Gasteiger partial charge in [-0.05, 0) is 62.1 Å². The normalized spacial score (nSPS) is 11.8. The van der Waals surface area contributed by atoms with Gasteiger partial charge in [0, 0.05) is 11.9 Å². The van der Waals surface area contributed by atoms with Crippen LogP contribution in [-0.4, -0.2) is 4.98 Å². The minimum Gasteiger partial charge on any atom is -0.361 e. The van der Waals surface area contributed by atoms with Crippen molar-refractivity contribution in [1.82, 2.24) is 4.98 Å². The molecule has 1 N–H and O–H groups in total. The Bertz CT molecular complexity index is 1010. The number of H-pyrrole nitrogens is 1. The van der Waals surface area contributed by atoms with Gasteiger partial charge >= 0.3 is 0 Å². The number of aromatic amines is 1. The lowest BCUT2D eigenvalue weighted by Crippen LogP contribution is -1.85. The van der Waals surface area contributed by atoms with E-state index in [-0.39, 0.29) is 0 Å². The quantitative estimate of drug-likeness (QED) is 0.382. The van der Waals surface area contributed by atoms with E-state index in [9.17, 15) is 0 Å². The van der Waals surface area contributed by atoms with Gasteiger partial charge in [0.15, 0.2) is 0 Å². The maximum absolute atomic E-state index is 3.30. The van der Waals surface area contributed by atoms with Crippen LogP contribution in [0.3, 0.4) is 0 Å². The lowest BCUT2D eigenvalue weighted by Gasteiger charge is -2.12. The molecule has 0 aliphatic rings. The van der Waals surface area contributed by atoms with Crippen LogP contribution in [0.5, 0.6) is 0 Å². The molecule has 0 aliphatic carbocycles. The minimum atomic E-state index is 1.17. The molecule has 0 unspecified atom stereocenters. The van der Waals surface area contributed by atoms with Crippen LogP contribution in [-0.2, 0) is 0 Å². The highest BCUT2D eigenvalue weighted by molar-refractivity contribution is 6.23. The van der Waals surface area contributed by atoms with Crippen molar-refractivity contribution < 1.29 is 0 Å². The first-order valence-corrected chi connectivity index (χ1v) is 7.21. The van der Waals surface area contributed by atoms with Crippen LogP contribution in [0.1, 0.15) is 0 Å².